The minimum Gasteiger partial charge on any atom is -0.496 e. The number of para-hydroxylation sites is 1. The molecule has 0 spiro atoms. The SMILES string of the molecule is COc1cc(C)c(-c2nc3ccccc3c(=O)n2N=Cc2cc(I)c(OCc3ccc(Br)cc3)c(I)c2)cc1C(C)C. The van der Waals surface area contributed by atoms with Crippen LogP contribution >= 0.6 is 61.1 Å². The molecule has 4 aromatic carbocycles. The van der Waals surface area contributed by atoms with E-state index in [0.717, 1.165) is 50.9 Å². The first-order chi connectivity index (χ1) is 20.2. The zero-order chi connectivity index (χ0) is 30.0. The molecule has 9 heteroatoms. The van der Waals surface area contributed by atoms with Gasteiger partial charge in [0.2, 0.25) is 0 Å². The average molecular weight is 848 g/mol. The van der Waals surface area contributed by atoms with Crippen molar-refractivity contribution in [3.63, 3.8) is 0 Å². The number of hydrogen-bond acceptors (Lipinski definition) is 5. The summed E-state index contributed by atoms with van der Waals surface area (Å²) in [6, 6.07) is 23.5. The summed E-state index contributed by atoms with van der Waals surface area (Å²) >= 11 is 8.02. The Morgan fingerprint density at radius 1 is 1.02 bits per heavy atom. The normalized spacial score (nSPS) is 11.5. The van der Waals surface area contributed by atoms with Crippen LogP contribution in [0.5, 0.6) is 11.5 Å². The van der Waals surface area contributed by atoms with Crippen LogP contribution in [-0.4, -0.2) is 23.0 Å². The molecule has 0 saturated heterocycles. The largest absolute Gasteiger partial charge is 0.496 e. The second-order valence-corrected chi connectivity index (χ2v) is 13.3. The predicted octanol–water partition coefficient (Wildman–Crippen LogP) is 8.94. The fourth-order valence-electron chi connectivity index (χ4n) is 4.62. The van der Waals surface area contributed by atoms with Gasteiger partial charge in [-0.05, 0) is 129 Å². The maximum Gasteiger partial charge on any atom is 0.282 e. The van der Waals surface area contributed by atoms with Gasteiger partial charge in [0, 0.05) is 10.0 Å². The smallest absolute Gasteiger partial charge is 0.282 e. The number of benzene rings is 4. The second-order valence-electron chi connectivity index (χ2n) is 10.1. The van der Waals surface area contributed by atoms with E-state index in [-0.39, 0.29) is 11.5 Å². The number of rotatable bonds is 8. The number of hydrogen-bond donors (Lipinski definition) is 0. The summed E-state index contributed by atoms with van der Waals surface area (Å²) in [6.45, 7) is 6.69. The van der Waals surface area contributed by atoms with E-state index in [1.54, 1.807) is 19.4 Å². The average Bonchev–Trinajstić information content (AvgIpc) is 2.96. The molecule has 0 saturated carbocycles. The molecule has 0 aliphatic rings. The van der Waals surface area contributed by atoms with E-state index in [1.165, 1.54) is 4.68 Å². The highest BCUT2D eigenvalue weighted by molar-refractivity contribution is 14.1. The highest BCUT2D eigenvalue weighted by Crippen LogP contribution is 2.34. The van der Waals surface area contributed by atoms with Gasteiger partial charge in [-0.25, -0.2) is 4.98 Å². The molecule has 0 amide bonds. The van der Waals surface area contributed by atoms with Gasteiger partial charge in [0.05, 0.1) is 31.4 Å². The van der Waals surface area contributed by atoms with Crippen molar-refractivity contribution in [1.29, 1.82) is 0 Å². The molecular weight excluding hydrogens is 820 g/mol. The Bertz CT molecular complexity index is 1850. The molecule has 0 fully saturated rings. The molecule has 0 radical (unpaired) electrons. The molecule has 214 valence electrons. The van der Waals surface area contributed by atoms with Gasteiger partial charge >= 0.3 is 0 Å². The summed E-state index contributed by atoms with van der Waals surface area (Å²) in [5, 5.41) is 5.22. The third-order valence-corrected chi connectivity index (χ3v) is 8.96. The Balaban J connectivity index is 1.56. The number of ether oxygens (including phenoxy) is 2. The van der Waals surface area contributed by atoms with Crippen molar-refractivity contribution in [2.75, 3.05) is 7.11 Å². The van der Waals surface area contributed by atoms with Crippen LogP contribution in [0.1, 0.15) is 42.0 Å². The van der Waals surface area contributed by atoms with Crippen LogP contribution in [0.25, 0.3) is 22.3 Å². The lowest BCUT2D eigenvalue weighted by Crippen LogP contribution is -2.21. The van der Waals surface area contributed by atoms with Gasteiger partial charge in [0.25, 0.3) is 5.56 Å². The first kappa shape index (κ1) is 30.7. The summed E-state index contributed by atoms with van der Waals surface area (Å²) in [4.78, 5) is 18.7. The van der Waals surface area contributed by atoms with Gasteiger partial charge in [0.15, 0.2) is 5.82 Å². The van der Waals surface area contributed by atoms with Gasteiger partial charge in [-0.15, -0.1) is 0 Å². The molecule has 42 heavy (non-hydrogen) atoms. The van der Waals surface area contributed by atoms with Crippen molar-refractivity contribution in [1.82, 2.24) is 9.66 Å². The van der Waals surface area contributed by atoms with Gasteiger partial charge in [-0.2, -0.15) is 9.78 Å². The molecule has 0 aliphatic carbocycles. The van der Waals surface area contributed by atoms with E-state index in [0.29, 0.717) is 23.3 Å². The standard InChI is InChI=1S/C33H28BrI2N3O3/c1-19(2)25-16-26(20(3)13-30(25)41-4)32-38-29-8-6-5-7-24(29)33(40)39(32)37-17-22-14-27(35)31(28(36)15-22)42-18-21-9-11-23(34)12-10-21/h5-17,19H,18H2,1-4H3. The molecule has 0 N–H and O–H groups in total. The van der Waals surface area contributed by atoms with Crippen molar-refractivity contribution in [3.8, 4) is 22.9 Å². The van der Waals surface area contributed by atoms with E-state index < -0.39 is 0 Å². The molecule has 5 aromatic rings. The first-order valence-corrected chi connectivity index (χ1v) is 16.2. The van der Waals surface area contributed by atoms with Gasteiger partial charge in [0.1, 0.15) is 18.1 Å². The van der Waals surface area contributed by atoms with E-state index in [4.69, 9.17) is 19.6 Å². The highest BCUT2D eigenvalue weighted by atomic mass is 127. The fraction of sp³-hybridized carbons (Fsp3) is 0.182. The number of fused-ring (bicyclic) bond motifs is 1. The number of aromatic nitrogens is 2. The van der Waals surface area contributed by atoms with Crippen LogP contribution in [-0.2, 0) is 6.61 Å². The maximum atomic E-state index is 13.8. The third-order valence-electron chi connectivity index (χ3n) is 6.83. The van der Waals surface area contributed by atoms with Crippen molar-refractivity contribution in [2.24, 2.45) is 5.10 Å². The summed E-state index contributed by atoms with van der Waals surface area (Å²) in [5.74, 6) is 2.33. The lowest BCUT2D eigenvalue weighted by Gasteiger charge is -2.17. The zero-order valence-corrected chi connectivity index (χ0v) is 29.4. The van der Waals surface area contributed by atoms with Gasteiger partial charge in [-0.3, -0.25) is 4.79 Å². The summed E-state index contributed by atoms with van der Waals surface area (Å²) in [5.41, 5.74) is 5.15. The molecular formula is C33H28BrI2N3O3. The Morgan fingerprint density at radius 3 is 2.38 bits per heavy atom. The Hall–Kier alpha value is -2.77. The number of halogens is 3. The Labute approximate surface area is 280 Å². The van der Waals surface area contributed by atoms with E-state index in [2.05, 4.69) is 81.0 Å². The molecule has 0 bridgehead atoms. The Morgan fingerprint density at radius 2 is 1.71 bits per heavy atom. The van der Waals surface area contributed by atoms with Crippen LogP contribution in [0.4, 0.5) is 0 Å². The number of nitrogens with zero attached hydrogens (tertiary/aromatic N) is 3. The lowest BCUT2D eigenvalue weighted by atomic mass is 9.96. The maximum absolute atomic E-state index is 13.8. The quantitative estimate of drug-likeness (QED) is 0.116. The topological polar surface area (TPSA) is 65.7 Å². The van der Waals surface area contributed by atoms with Crippen LogP contribution in [0.3, 0.4) is 0 Å². The monoisotopic (exact) mass is 847 g/mol. The van der Waals surface area contributed by atoms with Crippen molar-refractivity contribution in [3.05, 3.63) is 117 Å². The molecule has 0 atom stereocenters. The molecule has 1 aromatic heterocycles. The first-order valence-electron chi connectivity index (χ1n) is 13.3. The predicted molar refractivity (Wildman–Crippen MR) is 190 cm³/mol. The number of methoxy groups -OCH3 is 1. The van der Waals surface area contributed by atoms with E-state index in [9.17, 15) is 4.79 Å². The van der Waals surface area contributed by atoms with Crippen molar-refractivity contribution >= 4 is 78.2 Å². The fourth-order valence-corrected chi connectivity index (χ4v) is 7.02. The summed E-state index contributed by atoms with van der Waals surface area (Å²) in [6.07, 6.45) is 1.70. The van der Waals surface area contributed by atoms with Crippen LogP contribution < -0.4 is 15.0 Å². The minimum atomic E-state index is -0.230. The third kappa shape index (κ3) is 6.57. The number of aryl methyl sites for hydroxylation is 1. The summed E-state index contributed by atoms with van der Waals surface area (Å²) in [7, 11) is 1.68. The van der Waals surface area contributed by atoms with Crippen molar-refractivity contribution < 1.29 is 9.47 Å². The zero-order valence-electron chi connectivity index (χ0n) is 23.5. The van der Waals surface area contributed by atoms with Crippen LogP contribution in [0.2, 0.25) is 0 Å². The van der Waals surface area contributed by atoms with Gasteiger partial charge in [-0.1, -0.05) is 54.0 Å². The molecule has 0 unspecified atom stereocenters. The summed E-state index contributed by atoms with van der Waals surface area (Å²) < 4.78 is 16.2. The lowest BCUT2D eigenvalue weighted by molar-refractivity contribution is 0.301. The van der Waals surface area contributed by atoms with Crippen LogP contribution in [0, 0.1) is 14.1 Å². The van der Waals surface area contributed by atoms with Crippen molar-refractivity contribution in [2.45, 2.75) is 33.3 Å². The Kier molecular flexibility index (Phi) is 9.68. The van der Waals surface area contributed by atoms with Gasteiger partial charge < -0.3 is 9.47 Å². The van der Waals surface area contributed by atoms with Crippen LogP contribution in [0.15, 0.2) is 87.2 Å². The molecule has 1 heterocycles. The minimum absolute atomic E-state index is 0.220. The second kappa shape index (κ2) is 13.3. The molecule has 0 aliphatic heterocycles. The van der Waals surface area contributed by atoms with E-state index in [1.807, 2.05) is 67.6 Å². The molecule has 5 rings (SSSR count). The van der Waals surface area contributed by atoms with E-state index >= 15 is 0 Å². The highest BCUT2D eigenvalue weighted by Gasteiger charge is 2.18. The molecule has 6 nitrogen and oxygen atoms in total.